The average Bonchev–Trinajstić information content (AvgIpc) is 2.83. The van der Waals surface area contributed by atoms with Gasteiger partial charge < -0.3 is 10.2 Å². The first-order valence-electron chi connectivity index (χ1n) is 10.7. The van der Waals surface area contributed by atoms with Gasteiger partial charge in [0.05, 0.1) is 4.92 Å². The first kappa shape index (κ1) is 21.4. The topological polar surface area (TPSA) is 101 Å². The normalized spacial score (nSPS) is 14.2. The third kappa shape index (κ3) is 5.08. The Balaban J connectivity index is 1.36. The number of aryl methyl sites for hydroxylation is 1. The second-order valence-electron chi connectivity index (χ2n) is 8.01. The number of carbonyl (C=O) groups is 1. The maximum atomic E-state index is 12.6. The Morgan fingerprint density at radius 1 is 1.09 bits per heavy atom. The number of non-ortho nitro benzene ring substituents is 1. The molecule has 3 aromatic rings. The molecule has 2 aromatic carbocycles. The molecule has 0 atom stereocenters. The molecule has 0 spiro atoms. The molecule has 1 fully saturated rings. The van der Waals surface area contributed by atoms with Crippen LogP contribution in [0.15, 0.2) is 60.7 Å². The van der Waals surface area contributed by atoms with Crippen molar-refractivity contribution in [3.05, 3.63) is 82.0 Å². The molecule has 32 heavy (non-hydrogen) atoms. The lowest BCUT2D eigenvalue weighted by atomic mass is 9.96. The molecule has 1 aliphatic heterocycles. The van der Waals surface area contributed by atoms with Gasteiger partial charge in [0.2, 0.25) is 0 Å². The van der Waals surface area contributed by atoms with Crippen LogP contribution in [0, 0.1) is 23.0 Å². The van der Waals surface area contributed by atoms with Crippen LogP contribution in [0.25, 0.3) is 11.4 Å². The van der Waals surface area contributed by atoms with Crippen molar-refractivity contribution in [3.63, 3.8) is 0 Å². The number of anilines is 1. The number of carbonyl (C=O) groups excluding carboxylic acids is 1. The number of nitro benzene ring substituents is 1. The predicted molar refractivity (Wildman–Crippen MR) is 122 cm³/mol. The summed E-state index contributed by atoms with van der Waals surface area (Å²) in [6, 6.07) is 17.6. The highest BCUT2D eigenvalue weighted by Crippen LogP contribution is 2.24. The van der Waals surface area contributed by atoms with Crippen molar-refractivity contribution in [1.29, 1.82) is 0 Å². The summed E-state index contributed by atoms with van der Waals surface area (Å²) in [5.41, 5.74) is 2.14. The SMILES string of the molecule is Cc1cc(NCC2CCN(C(=O)c3ccccc3)CC2)nc(-c2cccc([N+](=O)[O-])c2)n1. The zero-order valence-corrected chi connectivity index (χ0v) is 17.9. The van der Waals surface area contributed by atoms with Crippen molar-refractivity contribution in [3.8, 4) is 11.4 Å². The van der Waals surface area contributed by atoms with Gasteiger partial charge in [-0.3, -0.25) is 14.9 Å². The number of aromatic nitrogens is 2. The van der Waals surface area contributed by atoms with Crippen LogP contribution in [0.1, 0.15) is 28.9 Å². The molecular weight excluding hydrogens is 406 g/mol. The fourth-order valence-corrected chi connectivity index (χ4v) is 3.90. The first-order valence-corrected chi connectivity index (χ1v) is 10.7. The van der Waals surface area contributed by atoms with Crippen molar-refractivity contribution >= 4 is 17.4 Å². The fourth-order valence-electron chi connectivity index (χ4n) is 3.90. The molecule has 0 radical (unpaired) electrons. The summed E-state index contributed by atoms with van der Waals surface area (Å²) < 4.78 is 0. The predicted octanol–water partition coefficient (Wildman–Crippen LogP) is 4.32. The molecule has 2 heterocycles. The van der Waals surface area contributed by atoms with Crippen molar-refractivity contribution in [2.75, 3.05) is 25.0 Å². The van der Waals surface area contributed by atoms with Crippen molar-refractivity contribution in [2.24, 2.45) is 5.92 Å². The molecule has 1 aliphatic rings. The van der Waals surface area contributed by atoms with Gasteiger partial charge in [-0.05, 0) is 37.8 Å². The van der Waals surface area contributed by atoms with Crippen LogP contribution >= 0.6 is 0 Å². The minimum atomic E-state index is -0.423. The van der Waals surface area contributed by atoms with Gasteiger partial charge in [-0.2, -0.15) is 0 Å². The van der Waals surface area contributed by atoms with E-state index in [1.807, 2.05) is 48.2 Å². The molecule has 164 valence electrons. The average molecular weight is 431 g/mol. The minimum absolute atomic E-state index is 0.0129. The Bertz CT molecular complexity index is 1110. The Morgan fingerprint density at radius 2 is 1.84 bits per heavy atom. The van der Waals surface area contributed by atoms with Gasteiger partial charge in [0.15, 0.2) is 5.82 Å². The molecule has 8 heteroatoms. The van der Waals surface area contributed by atoms with Crippen LogP contribution in [0.4, 0.5) is 11.5 Å². The number of benzene rings is 2. The molecule has 1 aromatic heterocycles. The van der Waals surface area contributed by atoms with E-state index in [4.69, 9.17) is 0 Å². The van der Waals surface area contributed by atoms with Crippen LogP contribution < -0.4 is 5.32 Å². The van der Waals surface area contributed by atoms with E-state index < -0.39 is 4.92 Å². The number of likely N-dealkylation sites (tertiary alicyclic amines) is 1. The highest BCUT2D eigenvalue weighted by Gasteiger charge is 2.23. The lowest BCUT2D eigenvalue weighted by Crippen LogP contribution is -2.39. The van der Waals surface area contributed by atoms with Gasteiger partial charge in [0.25, 0.3) is 11.6 Å². The quantitative estimate of drug-likeness (QED) is 0.461. The van der Waals surface area contributed by atoms with E-state index in [1.165, 1.54) is 12.1 Å². The van der Waals surface area contributed by atoms with Crippen LogP contribution in [0.5, 0.6) is 0 Å². The number of nitrogens with zero attached hydrogens (tertiary/aromatic N) is 4. The number of amides is 1. The molecule has 4 rings (SSSR count). The van der Waals surface area contributed by atoms with Crippen molar-refractivity contribution in [2.45, 2.75) is 19.8 Å². The minimum Gasteiger partial charge on any atom is -0.370 e. The summed E-state index contributed by atoms with van der Waals surface area (Å²) in [4.78, 5) is 34.2. The summed E-state index contributed by atoms with van der Waals surface area (Å²) in [5.74, 6) is 1.68. The lowest BCUT2D eigenvalue weighted by Gasteiger charge is -2.32. The molecule has 1 amide bonds. The van der Waals surface area contributed by atoms with E-state index in [2.05, 4.69) is 15.3 Å². The van der Waals surface area contributed by atoms with Gasteiger partial charge in [0, 0.05) is 54.7 Å². The number of hydrogen-bond donors (Lipinski definition) is 1. The fraction of sp³-hybridized carbons (Fsp3) is 0.292. The largest absolute Gasteiger partial charge is 0.370 e. The van der Waals surface area contributed by atoms with E-state index >= 15 is 0 Å². The lowest BCUT2D eigenvalue weighted by molar-refractivity contribution is -0.384. The number of nitrogens with one attached hydrogen (secondary N) is 1. The zero-order chi connectivity index (χ0) is 22.5. The van der Waals surface area contributed by atoms with Crippen LogP contribution in [-0.2, 0) is 0 Å². The van der Waals surface area contributed by atoms with Gasteiger partial charge in [-0.1, -0.05) is 30.3 Å². The smallest absolute Gasteiger partial charge is 0.270 e. The van der Waals surface area contributed by atoms with Gasteiger partial charge >= 0.3 is 0 Å². The van der Waals surface area contributed by atoms with Crippen LogP contribution in [0.3, 0.4) is 0 Å². The molecule has 0 saturated carbocycles. The highest BCUT2D eigenvalue weighted by molar-refractivity contribution is 5.94. The summed E-state index contributed by atoms with van der Waals surface area (Å²) in [6.45, 7) is 4.10. The Morgan fingerprint density at radius 3 is 2.56 bits per heavy atom. The van der Waals surface area contributed by atoms with Crippen molar-refractivity contribution < 1.29 is 9.72 Å². The van der Waals surface area contributed by atoms with Gasteiger partial charge in [0.1, 0.15) is 5.82 Å². The van der Waals surface area contributed by atoms with E-state index in [9.17, 15) is 14.9 Å². The van der Waals surface area contributed by atoms with E-state index in [0.717, 1.165) is 43.7 Å². The van der Waals surface area contributed by atoms with Gasteiger partial charge in [-0.15, -0.1) is 0 Å². The number of nitro groups is 1. The molecule has 8 nitrogen and oxygen atoms in total. The molecule has 1 saturated heterocycles. The number of rotatable bonds is 6. The first-order chi connectivity index (χ1) is 15.5. The van der Waals surface area contributed by atoms with E-state index in [-0.39, 0.29) is 11.6 Å². The second kappa shape index (κ2) is 9.55. The summed E-state index contributed by atoms with van der Waals surface area (Å²) in [7, 11) is 0. The molecule has 0 bridgehead atoms. The molecule has 1 N–H and O–H groups in total. The Labute approximate surface area is 186 Å². The highest BCUT2D eigenvalue weighted by atomic mass is 16.6. The van der Waals surface area contributed by atoms with E-state index in [1.54, 1.807) is 12.1 Å². The zero-order valence-electron chi connectivity index (χ0n) is 17.9. The molecule has 0 unspecified atom stereocenters. The van der Waals surface area contributed by atoms with Gasteiger partial charge in [-0.25, -0.2) is 9.97 Å². The maximum Gasteiger partial charge on any atom is 0.270 e. The summed E-state index contributed by atoms with van der Waals surface area (Å²) >= 11 is 0. The second-order valence-corrected chi connectivity index (χ2v) is 8.01. The Hall–Kier alpha value is -3.81. The van der Waals surface area contributed by atoms with Crippen LogP contribution in [-0.4, -0.2) is 45.3 Å². The summed E-state index contributed by atoms with van der Waals surface area (Å²) in [6.07, 6.45) is 1.85. The third-order valence-corrected chi connectivity index (χ3v) is 5.66. The number of piperidine rings is 1. The standard InChI is InChI=1S/C24H25N5O3/c1-17-14-22(27-23(26-17)20-8-5-9-21(15-20)29(31)32)25-16-18-10-12-28(13-11-18)24(30)19-6-3-2-4-7-19/h2-9,14-15,18H,10-13,16H2,1H3,(H,25,26,27). The third-order valence-electron chi connectivity index (χ3n) is 5.66. The van der Waals surface area contributed by atoms with Crippen molar-refractivity contribution in [1.82, 2.24) is 14.9 Å². The maximum absolute atomic E-state index is 12.6. The molecular formula is C24H25N5O3. The summed E-state index contributed by atoms with van der Waals surface area (Å²) in [5, 5.41) is 14.5. The Kier molecular flexibility index (Phi) is 6.39. The van der Waals surface area contributed by atoms with E-state index in [0.29, 0.717) is 23.1 Å². The monoisotopic (exact) mass is 431 g/mol. The van der Waals surface area contributed by atoms with Crippen LogP contribution in [0.2, 0.25) is 0 Å². The molecule has 0 aliphatic carbocycles. The number of hydrogen-bond acceptors (Lipinski definition) is 6.